The molecular formula is C23H36N2O2. The quantitative estimate of drug-likeness (QED) is 0.764. The average Bonchev–Trinajstić information content (AvgIpc) is 3.07. The molecule has 1 atom stereocenters. The molecule has 2 heterocycles. The zero-order chi connectivity index (χ0) is 19.6. The van der Waals surface area contributed by atoms with E-state index in [-0.39, 0.29) is 17.7 Å². The van der Waals surface area contributed by atoms with Crippen molar-refractivity contribution >= 4 is 6.09 Å². The molecule has 0 saturated carbocycles. The molecule has 3 rings (SSSR count). The van der Waals surface area contributed by atoms with Crippen molar-refractivity contribution in [1.29, 1.82) is 0 Å². The maximum absolute atomic E-state index is 13.3. The second-order valence-corrected chi connectivity index (χ2v) is 9.11. The molecule has 1 unspecified atom stereocenters. The van der Waals surface area contributed by atoms with Gasteiger partial charge < -0.3 is 14.5 Å². The fourth-order valence-corrected chi connectivity index (χ4v) is 5.22. The first-order chi connectivity index (χ1) is 12.8. The lowest BCUT2D eigenvalue weighted by atomic mass is 9.73. The molecule has 0 spiro atoms. The van der Waals surface area contributed by atoms with Gasteiger partial charge in [-0.1, -0.05) is 58.0 Å². The van der Waals surface area contributed by atoms with Gasteiger partial charge in [0.2, 0.25) is 0 Å². The summed E-state index contributed by atoms with van der Waals surface area (Å²) in [5.74, 6) is 1.15. The average molecular weight is 373 g/mol. The summed E-state index contributed by atoms with van der Waals surface area (Å²) in [6.07, 6.45) is 2.84. The lowest BCUT2D eigenvalue weighted by molar-refractivity contribution is -0.00701. The molecule has 1 amide bonds. The van der Waals surface area contributed by atoms with Gasteiger partial charge in [0.25, 0.3) is 0 Å². The highest BCUT2D eigenvalue weighted by Gasteiger charge is 2.52. The Balaban J connectivity index is 1.82. The largest absolute Gasteiger partial charge is 0.446 e. The predicted octanol–water partition coefficient (Wildman–Crippen LogP) is 4.76. The third kappa shape index (κ3) is 4.01. The third-order valence-corrected chi connectivity index (χ3v) is 6.90. The van der Waals surface area contributed by atoms with Crippen LogP contribution in [0.4, 0.5) is 4.79 Å². The van der Waals surface area contributed by atoms with Gasteiger partial charge in [-0.3, -0.25) is 0 Å². The standard InChI is InChI=1S/C23H36N2O2/c1-17(2)23(18(3)4)15-20(19-9-7-6-8-10-19)16-25(23)22(26)27-21-11-13-24(5)14-12-21/h6-10,17-18,20-21H,11-16H2,1-5H3. The van der Waals surface area contributed by atoms with Crippen molar-refractivity contribution < 1.29 is 9.53 Å². The highest BCUT2D eigenvalue weighted by Crippen LogP contribution is 2.48. The molecule has 2 saturated heterocycles. The van der Waals surface area contributed by atoms with Crippen LogP contribution in [0.2, 0.25) is 0 Å². The van der Waals surface area contributed by atoms with E-state index in [4.69, 9.17) is 4.74 Å². The van der Waals surface area contributed by atoms with E-state index in [2.05, 4.69) is 74.9 Å². The summed E-state index contributed by atoms with van der Waals surface area (Å²) in [5.41, 5.74) is 1.18. The fourth-order valence-electron chi connectivity index (χ4n) is 5.22. The first-order valence-electron chi connectivity index (χ1n) is 10.6. The molecule has 0 bridgehead atoms. The number of carbonyl (C=O) groups is 1. The van der Waals surface area contributed by atoms with E-state index in [0.717, 1.165) is 38.9 Å². The molecule has 2 aliphatic heterocycles. The number of carbonyl (C=O) groups excluding carboxylic acids is 1. The molecule has 150 valence electrons. The number of benzene rings is 1. The lowest BCUT2D eigenvalue weighted by Crippen LogP contribution is -2.55. The van der Waals surface area contributed by atoms with Crippen molar-refractivity contribution in [3.8, 4) is 0 Å². The van der Waals surface area contributed by atoms with E-state index >= 15 is 0 Å². The van der Waals surface area contributed by atoms with Crippen molar-refractivity contribution in [2.24, 2.45) is 11.8 Å². The molecule has 0 radical (unpaired) electrons. The van der Waals surface area contributed by atoms with Gasteiger partial charge in [-0.05, 0) is 43.7 Å². The number of likely N-dealkylation sites (tertiary alicyclic amines) is 2. The van der Waals surface area contributed by atoms with E-state index < -0.39 is 0 Å². The Morgan fingerprint density at radius 2 is 1.67 bits per heavy atom. The summed E-state index contributed by atoms with van der Waals surface area (Å²) in [4.78, 5) is 17.7. The van der Waals surface area contributed by atoms with E-state index in [1.807, 2.05) is 0 Å². The van der Waals surface area contributed by atoms with E-state index in [1.54, 1.807) is 0 Å². The summed E-state index contributed by atoms with van der Waals surface area (Å²) in [5, 5.41) is 0. The van der Waals surface area contributed by atoms with Crippen LogP contribution in [-0.2, 0) is 4.74 Å². The van der Waals surface area contributed by atoms with Crippen LogP contribution in [0.3, 0.4) is 0 Å². The summed E-state index contributed by atoms with van der Waals surface area (Å²) < 4.78 is 6.02. The van der Waals surface area contributed by atoms with Gasteiger partial charge in [0.05, 0.1) is 5.54 Å². The number of rotatable bonds is 4. The number of ether oxygens (including phenoxy) is 1. The molecule has 1 aromatic carbocycles. The minimum Gasteiger partial charge on any atom is -0.446 e. The molecule has 2 aliphatic rings. The van der Waals surface area contributed by atoms with Crippen LogP contribution in [0, 0.1) is 11.8 Å². The molecule has 2 fully saturated rings. The molecule has 1 aromatic rings. The van der Waals surface area contributed by atoms with Crippen LogP contribution >= 0.6 is 0 Å². The van der Waals surface area contributed by atoms with Gasteiger partial charge in [0.1, 0.15) is 6.10 Å². The highest BCUT2D eigenvalue weighted by molar-refractivity contribution is 5.70. The Morgan fingerprint density at radius 1 is 1.07 bits per heavy atom. The first-order valence-corrected chi connectivity index (χ1v) is 10.6. The van der Waals surface area contributed by atoms with Crippen LogP contribution in [-0.4, -0.2) is 54.2 Å². The Kier molecular flexibility index (Phi) is 6.15. The monoisotopic (exact) mass is 372 g/mol. The number of amides is 1. The Bertz CT molecular complexity index is 613. The molecule has 4 nitrogen and oxygen atoms in total. The maximum Gasteiger partial charge on any atom is 0.410 e. The van der Waals surface area contributed by atoms with Gasteiger partial charge in [-0.2, -0.15) is 0 Å². The predicted molar refractivity (Wildman–Crippen MR) is 110 cm³/mol. The van der Waals surface area contributed by atoms with Crippen LogP contribution in [0.25, 0.3) is 0 Å². The summed E-state index contributed by atoms with van der Waals surface area (Å²) in [7, 11) is 2.13. The molecule has 27 heavy (non-hydrogen) atoms. The van der Waals surface area contributed by atoms with Crippen molar-refractivity contribution in [1.82, 2.24) is 9.80 Å². The van der Waals surface area contributed by atoms with Crippen molar-refractivity contribution in [3.05, 3.63) is 35.9 Å². The topological polar surface area (TPSA) is 32.8 Å². The number of piperidine rings is 1. The summed E-state index contributed by atoms with van der Waals surface area (Å²) >= 11 is 0. The van der Waals surface area contributed by atoms with Gasteiger partial charge in [0.15, 0.2) is 0 Å². The maximum atomic E-state index is 13.3. The Labute approximate surface area is 164 Å². The zero-order valence-corrected chi connectivity index (χ0v) is 17.6. The van der Waals surface area contributed by atoms with Crippen LogP contribution in [0.15, 0.2) is 30.3 Å². The van der Waals surface area contributed by atoms with Crippen LogP contribution in [0.1, 0.15) is 58.4 Å². The van der Waals surface area contributed by atoms with Crippen molar-refractivity contribution in [2.45, 2.75) is 64.5 Å². The second-order valence-electron chi connectivity index (χ2n) is 9.11. The Morgan fingerprint density at radius 3 is 2.22 bits per heavy atom. The van der Waals surface area contributed by atoms with E-state index in [9.17, 15) is 4.79 Å². The van der Waals surface area contributed by atoms with Crippen LogP contribution in [0.5, 0.6) is 0 Å². The minimum absolute atomic E-state index is 0.0569. The van der Waals surface area contributed by atoms with Gasteiger partial charge in [-0.25, -0.2) is 4.79 Å². The van der Waals surface area contributed by atoms with Crippen molar-refractivity contribution in [2.75, 3.05) is 26.7 Å². The first kappa shape index (κ1) is 20.2. The van der Waals surface area contributed by atoms with Gasteiger partial charge in [-0.15, -0.1) is 0 Å². The zero-order valence-electron chi connectivity index (χ0n) is 17.6. The second kappa shape index (κ2) is 8.22. The highest BCUT2D eigenvalue weighted by atomic mass is 16.6. The van der Waals surface area contributed by atoms with Crippen LogP contribution < -0.4 is 0 Å². The molecule has 0 aromatic heterocycles. The number of hydrogen-bond donors (Lipinski definition) is 0. The minimum atomic E-state index is -0.150. The Hall–Kier alpha value is -1.55. The van der Waals surface area contributed by atoms with E-state index in [1.165, 1.54) is 5.56 Å². The molecule has 4 heteroatoms. The fraction of sp³-hybridized carbons (Fsp3) is 0.696. The smallest absolute Gasteiger partial charge is 0.410 e. The third-order valence-electron chi connectivity index (χ3n) is 6.90. The number of nitrogens with zero attached hydrogens (tertiary/aromatic N) is 2. The number of hydrogen-bond acceptors (Lipinski definition) is 3. The SMILES string of the molecule is CC(C)C1(C(C)C)CC(c2ccccc2)CN1C(=O)OC1CCN(C)CC1. The van der Waals surface area contributed by atoms with Gasteiger partial charge >= 0.3 is 6.09 Å². The lowest BCUT2D eigenvalue weighted by Gasteiger charge is -2.45. The van der Waals surface area contributed by atoms with Crippen molar-refractivity contribution in [3.63, 3.8) is 0 Å². The normalized spacial score (nSPS) is 24.0. The summed E-state index contributed by atoms with van der Waals surface area (Å²) in [6.45, 7) is 11.8. The van der Waals surface area contributed by atoms with E-state index in [0.29, 0.717) is 17.8 Å². The molecule has 0 N–H and O–H groups in total. The molecule has 0 aliphatic carbocycles. The van der Waals surface area contributed by atoms with Gasteiger partial charge in [0, 0.05) is 25.6 Å². The molecular weight excluding hydrogens is 336 g/mol. The summed E-state index contributed by atoms with van der Waals surface area (Å²) in [6, 6.07) is 10.6.